The average Bonchev–Trinajstić information content (AvgIpc) is 2.71. The Labute approximate surface area is 194 Å². The van der Waals surface area contributed by atoms with Crippen LogP contribution in [0.4, 0.5) is 5.69 Å². The van der Waals surface area contributed by atoms with E-state index in [1.54, 1.807) is 13.8 Å². The molecule has 0 spiro atoms. The van der Waals surface area contributed by atoms with Gasteiger partial charge in [-0.1, -0.05) is 43.1 Å². The van der Waals surface area contributed by atoms with Crippen molar-refractivity contribution in [1.82, 2.24) is 4.31 Å². The van der Waals surface area contributed by atoms with E-state index in [4.69, 9.17) is 16.3 Å². The van der Waals surface area contributed by atoms with E-state index in [2.05, 4.69) is 5.32 Å². The van der Waals surface area contributed by atoms with Crippen LogP contribution in [0, 0.1) is 20.8 Å². The number of esters is 1. The maximum atomic E-state index is 12.8. The summed E-state index contributed by atoms with van der Waals surface area (Å²) in [7, 11) is -3.78. The van der Waals surface area contributed by atoms with Crippen LogP contribution in [0.25, 0.3) is 0 Å². The molecule has 7 nitrogen and oxygen atoms in total. The van der Waals surface area contributed by atoms with Crippen molar-refractivity contribution in [1.29, 1.82) is 0 Å². The minimum absolute atomic E-state index is 0.0336. The quantitative estimate of drug-likeness (QED) is 0.562. The van der Waals surface area contributed by atoms with Crippen LogP contribution in [-0.4, -0.2) is 43.8 Å². The lowest BCUT2D eigenvalue weighted by atomic mass is 10.0. The maximum absolute atomic E-state index is 12.8. The molecule has 32 heavy (non-hydrogen) atoms. The summed E-state index contributed by atoms with van der Waals surface area (Å²) in [5, 5.41) is 2.82. The summed E-state index contributed by atoms with van der Waals surface area (Å²) in [5.74, 6) is -1.39. The molecule has 0 heterocycles. The van der Waals surface area contributed by atoms with Crippen molar-refractivity contribution in [2.75, 3.05) is 18.4 Å². The Hall–Kier alpha value is -2.42. The van der Waals surface area contributed by atoms with Crippen LogP contribution in [0.2, 0.25) is 5.02 Å². The number of carbonyl (C=O) groups is 2. The van der Waals surface area contributed by atoms with Crippen molar-refractivity contribution in [3.63, 3.8) is 0 Å². The Bertz CT molecular complexity index is 1100. The molecule has 0 aliphatic carbocycles. The number of rotatable bonds is 8. The zero-order valence-corrected chi connectivity index (χ0v) is 20.7. The van der Waals surface area contributed by atoms with Gasteiger partial charge in [-0.3, -0.25) is 4.79 Å². The highest BCUT2D eigenvalue weighted by molar-refractivity contribution is 7.89. The molecule has 1 amide bonds. The predicted octanol–water partition coefficient (Wildman–Crippen LogP) is 4.48. The van der Waals surface area contributed by atoms with E-state index in [0.717, 1.165) is 16.7 Å². The number of aryl methyl sites for hydroxylation is 3. The summed E-state index contributed by atoms with van der Waals surface area (Å²) in [6.07, 6.45) is -1.12. The lowest BCUT2D eigenvalue weighted by Gasteiger charge is -2.19. The fourth-order valence-corrected chi connectivity index (χ4v) is 5.09. The van der Waals surface area contributed by atoms with Crippen LogP contribution < -0.4 is 5.32 Å². The number of benzene rings is 2. The lowest BCUT2D eigenvalue weighted by molar-refractivity contribution is -0.123. The third kappa shape index (κ3) is 5.68. The van der Waals surface area contributed by atoms with Gasteiger partial charge in [-0.2, -0.15) is 4.31 Å². The van der Waals surface area contributed by atoms with E-state index in [1.165, 1.54) is 29.4 Å². The van der Waals surface area contributed by atoms with Crippen molar-refractivity contribution in [3.8, 4) is 0 Å². The van der Waals surface area contributed by atoms with E-state index in [1.807, 2.05) is 32.9 Å². The van der Waals surface area contributed by atoms with Crippen molar-refractivity contribution >= 4 is 39.2 Å². The topological polar surface area (TPSA) is 92.8 Å². The SMILES string of the molecule is CCN(CC)S(=O)(=O)c1ccc(Cl)c(C(=O)OC(C)C(=O)Nc2c(C)cc(C)cc2C)c1. The molecule has 1 unspecified atom stereocenters. The van der Waals surface area contributed by atoms with Crippen molar-refractivity contribution in [3.05, 3.63) is 57.6 Å². The Morgan fingerprint density at radius 3 is 2.16 bits per heavy atom. The van der Waals surface area contributed by atoms with E-state index in [0.29, 0.717) is 5.69 Å². The molecule has 2 rings (SSSR count). The molecule has 1 N–H and O–H groups in total. The summed E-state index contributed by atoms with van der Waals surface area (Å²) in [6, 6.07) is 7.74. The first kappa shape index (κ1) is 25.8. The highest BCUT2D eigenvalue weighted by atomic mass is 35.5. The monoisotopic (exact) mass is 480 g/mol. The molecule has 0 saturated heterocycles. The number of hydrogen-bond donors (Lipinski definition) is 1. The maximum Gasteiger partial charge on any atom is 0.340 e. The van der Waals surface area contributed by atoms with Crippen LogP contribution >= 0.6 is 11.6 Å². The summed E-state index contributed by atoms with van der Waals surface area (Å²) < 4.78 is 32.1. The molecule has 0 aliphatic rings. The molecule has 174 valence electrons. The molecule has 9 heteroatoms. The molecule has 2 aromatic carbocycles. The van der Waals surface area contributed by atoms with Crippen LogP contribution in [0.15, 0.2) is 35.2 Å². The van der Waals surface area contributed by atoms with Gasteiger partial charge in [0.05, 0.1) is 15.5 Å². The fraction of sp³-hybridized carbons (Fsp3) is 0.391. The number of anilines is 1. The lowest BCUT2D eigenvalue weighted by Crippen LogP contribution is -2.31. The van der Waals surface area contributed by atoms with Crippen molar-refractivity contribution in [2.45, 2.75) is 52.5 Å². The van der Waals surface area contributed by atoms with E-state index >= 15 is 0 Å². The van der Waals surface area contributed by atoms with Crippen molar-refractivity contribution in [2.24, 2.45) is 0 Å². The Morgan fingerprint density at radius 1 is 1.06 bits per heavy atom. The number of ether oxygens (including phenoxy) is 1. The number of hydrogen-bond acceptors (Lipinski definition) is 5. The molecule has 0 bridgehead atoms. The number of nitrogens with one attached hydrogen (secondary N) is 1. The number of carbonyl (C=O) groups excluding carboxylic acids is 2. The standard InChI is InChI=1S/C23H29ClN2O5S/c1-7-26(8-2)32(29,30)18-9-10-20(24)19(13-18)23(28)31-17(6)22(27)25-21-15(4)11-14(3)12-16(21)5/h9-13,17H,7-8H2,1-6H3,(H,25,27). The Morgan fingerprint density at radius 2 is 1.62 bits per heavy atom. The zero-order valence-electron chi connectivity index (χ0n) is 19.2. The van der Waals surface area contributed by atoms with Gasteiger partial charge in [0.1, 0.15) is 0 Å². The van der Waals surface area contributed by atoms with Gasteiger partial charge in [-0.05, 0) is 57.0 Å². The number of sulfonamides is 1. The van der Waals surface area contributed by atoms with Crippen LogP contribution in [0.3, 0.4) is 0 Å². The average molecular weight is 481 g/mol. The second kappa shape index (κ2) is 10.5. The van der Waals surface area contributed by atoms with Gasteiger partial charge in [0.15, 0.2) is 6.10 Å². The minimum atomic E-state index is -3.78. The summed E-state index contributed by atoms with van der Waals surface area (Å²) in [4.78, 5) is 25.3. The third-order valence-corrected chi connectivity index (χ3v) is 7.45. The molecular weight excluding hydrogens is 452 g/mol. The Kier molecular flexibility index (Phi) is 8.45. The molecule has 1 atom stereocenters. The first-order chi connectivity index (χ1) is 14.9. The predicted molar refractivity (Wildman–Crippen MR) is 126 cm³/mol. The number of amides is 1. The first-order valence-corrected chi connectivity index (χ1v) is 12.1. The summed E-state index contributed by atoms with van der Waals surface area (Å²) >= 11 is 6.13. The van der Waals surface area contributed by atoms with Crippen LogP contribution in [0.1, 0.15) is 47.8 Å². The van der Waals surface area contributed by atoms with Crippen LogP contribution in [0.5, 0.6) is 0 Å². The van der Waals surface area contributed by atoms with E-state index in [-0.39, 0.29) is 28.6 Å². The normalized spacial score (nSPS) is 12.5. The van der Waals surface area contributed by atoms with Gasteiger partial charge in [-0.25, -0.2) is 13.2 Å². The highest BCUT2D eigenvalue weighted by Gasteiger charge is 2.26. The van der Waals surface area contributed by atoms with Gasteiger partial charge in [0, 0.05) is 18.8 Å². The van der Waals surface area contributed by atoms with Crippen molar-refractivity contribution < 1.29 is 22.7 Å². The zero-order chi connectivity index (χ0) is 24.2. The van der Waals surface area contributed by atoms with Gasteiger partial charge in [0.2, 0.25) is 10.0 Å². The molecule has 0 fully saturated rings. The molecule has 2 aromatic rings. The third-order valence-electron chi connectivity index (χ3n) is 5.08. The second-order valence-electron chi connectivity index (χ2n) is 7.54. The molecule has 0 saturated carbocycles. The Balaban J connectivity index is 2.23. The summed E-state index contributed by atoms with van der Waals surface area (Å²) in [5.41, 5.74) is 3.40. The van der Waals surface area contributed by atoms with Gasteiger partial charge in [0.25, 0.3) is 5.91 Å². The first-order valence-electron chi connectivity index (χ1n) is 10.3. The second-order valence-corrected chi connectivity index (χ2v) is 9.89. The van der Waals surface area contributed by atoms with Crippen LogP contribution in [-0.2, 0) is 19.6 Å². The molecule has 0 aromatic heterocycles. The number of halogens is 1. The van der Waals surface area contributed by atoms with Gasteiger partial charge in [-0.15, -0.1) is 0 Å². The van der Waals surface area contributed by atoms with Gasteiger partial charge < -0.3 is 10.1 Å². The van der Waals surface area contributed by atoms with E-state index in [9.17, 15) is 18.0 Å². The molecule has 0 aliphatic heterocycles. The smallest absolute Gasteiger partial charge is 0.340 e. The molecular formula is C23H29ClN2O5S. The largest absolute Gasteiger partial charge is 0.449 e. The summed E-state index contributed by atoms with van der Waals surface area (Å²) in [6.45, 7) is 11.2. The number of nitrogens with zero attached hydrogens (tertiary/aromatic N) is 1. The van der Waals surface area contributed by atoms with Gasteiger partial charge >= 0.3 is 5.97 Å². The minimum Gasteiger partial charge on any atom is -0.449 e. The highest BCUT2D eigenvalue weighted by Crippen LogP contribution is 2.25. The van der Waals surface area contributed by atoms with E-state index < -0.39 is 28.0 Å². The molecule has 0 radical (unpaired) electrons. The fourth-order valence-electron chi connectivity index (χ4n) is 3.41.